The van der Waals surface area contributed by atoms with E-state index in [9.17, 15) is 5.11 Å². The normalized spacial score (nSPS) is 22.8. The lowest BCUT2D eigenvalue weighted by molar-refractivity contribution is 0.127. The molecule has 0 aromatic heterocycles. The molecule has 2 fully saturated rings. The van der Waals surface area contributed by atoms with Gasteiger partial charge in [-0.05, 0) is 50.8 Å². The summed E-state index contributed by atoms with van der Waals surface area (Å²) < 4.78 is 5.62. The van der Waals surface area contributed by atoms with Gasteiger partial charge in [0.1, 0.15) is 0 Å². The Morgan fingerprint density at radius 2 is 1.97 bits per heavy atom. The summed E-state index contributed by atoms with van der Waals surface area (Å²) in [7, 11) is 2.27. The number of hydrogen-bond donors (Lipinski definition) is 3. The number of ether oxygens (including phenoxy) is 1. The fourth-order valence-corrected chi connectivity index (χ4v) is 4.87. The van der Waals surface area contributed by atoms with Crippen molar-refractivity contribution in [1.82, 2.24) is 15.5 Å². The predicted octanol–water partition coefficient (Wildman–Crippen LogP) is 3.30. The van der Waals surface area contributed by atoms with E-state index in [1.54, 1.807) is 0 Å². The maximum absolute atomic E-state index is 9.48. The monoisotopic (exact) mass is 430 g/mol. The largest absolute Gasteiger partial charge is 0.396 e. The molecular formula is C25H42N4O2. The Balaban J connectivity index is 1.62. The van der Waals surface area contributed by atoms with Crippen LogP contribution in [0.5, 0.6) is 0 Å². The molecule has 1 atom stereocenters. The van der Waals surface area contributed by atoms with Crippen LogP contribution in [0.4, 0.5) is 0 Å². The minimum Gasteiger partial charge on any atom is -0.396 e. The van der Waals surface area contributed by atoms with Crippen molar-refractivity contribution in [3.05, 3.63) is 35.4 Å². The molecule has 1 saturated heterocycles. The van der Waals surface area contributed by atoms with Crippen molar-refractivity contribution in [2.75, 3.05) is 40.0 Å². The molecule has 31 heavy (non-hydrogen) atoms. The summed E-state index contributed by atoms with van der Waals surface area (Å²) in [5.41, 5.74) is 2.67. The predicted molar refractivity (Wildman–Crippen MR) is 127 cm³/mol. The van der Waals surface area contributed by atoms with Crippen molar-refractivity contribution in [1.29, 1.82) is 0 Å². The van der Waals surface area contributed by atoms with Gasteiger partial charge in [-0.25, -0.2) is 4.99 Å². The van der Waals surface area contributed by atoms with Crippen LogP contribution in [0, 0.1) is 5.41 Å². The molecule has 3 N–H and O–H groups in total. The third-order valence-electron chi connectivity index (χ3n) is 6.95. The first-order chi connectivity index (χ1) is 15.2. The van der Waals surface area contributed by atoms with Gasteiger partial charge in [0, 0.05) is 44.3 Å². The Morgan fingerprint density at radius 3 is 2.65 bits per heavy atom. The number of aliphatic hydroxyl groups excluding tert-OH is 1. The Hall–Kier alpha value is -1.63. The summed E-state index contributed by atoms with van der Waals surface area (Å²) in [6.45, 7) is 7.00. The van der Waals surface area contributed by atoms with Crippen molar-refractivity contribution in [3.63, 3.8) is 0 Å². The first-order valence-corrected chi connectivity index (χ1v) is 12.1. The van der Waals surface area contributed by atoms with E-state index >= 15 is 0 Å². The lowest BCUT2D eigenvalue weighted by Gasteiger charge is -2.31. The van der Waals surface area contributed by atoms with Crippen molar-refractivity contribution in [2.24, 2.45) is 10.4 Å². The lowest BCUT2D eigenvalue weighted by atomic mass is 9.84. The molecule has 0 bridgehead atoms. The van der Waals surface area contributed by atoms with E-state index in [4.69, 9.17) is 9.73 Å². The Morgan fingerprint density at radius 1 is 1.19 bits per heavy atom. The molecule has 1 aromatic rings. The van der Waals surface area contributed by atoms with Crippen LogP contribution in [0.15, 0.2) is 29.3 Å². The molecule has 2 aliphatic rings. The van der Waals surface area contributed by atoms with Crippen LogP contribution in [0.1, 0.15) is 63.0 Å². The smallest absolute Gasteiger partial charge is 0.191 e. The number of guanidine groups is 1. The zero-order chi connectivity index (χ0) is 21.9. The van der Waals surface area contributed by atoms with Crippen LogP contribution in [0.3, 0.4) is 0 Å². The quantitative estimate of drug-likeness (QED) is 0.393. The molecular weight excluding hydrogens is 388 g/mol. The minimum atomic E-state index is 0.00551. The topological polar surface area (TPSA) is 69.1 Å². The number of hydrogen-bond acceptors (Lipinski definition) is 4. The third kappa shape index (κ3) is 7.19. The van der Waals surface area contributed by atoms with Crippen LogP contribution in [-0.2, 0) is 17.8 Å². The second-order valence-electron chi connectivity index (χ2n) is 9.30. The number of nitrogens with one attached hydrogen (secondary N) is 2. The van der Waals surface area contributed by atoms with Gasteiger partial charge in [0.15, 0.2) is 5.96 Å². The van der Waals surface area contributed by atoms with E-state index in [2.05, 4.69) is 53.8 Å². The molecule has 1 aliphatic carbocycles. The molecule has 0 spiro atoms. The zero-order valence-electron chi connectivity index (χ0n) is 19.5. The highest BCUT2D eigenvalue weighted by Gasteiger charge is 2.34. The second kappa shape index (κ2) is 12.4. The Kier molecular flexibility index (Phi) is 9.62. The number of aliphatic imine (C=N–C) groups is 1. The molecule has 1 saturated carbocycles. The molecule has 1 aliphatic heterocycles. The van der Waals surface area contributed by atoms with E-state index in [1.807, 2.05) is 0 Å². The molecule has 1 unspecified atom stereocenters. The maximum Gasteiger partial charge on any atom is 0.191 e. The fourth-order valence-electron chi connectivity index (χ4n) is 4.87. The molecule has 174 valence electrons. The first-order valence-electron chi connectivity index (χ1n) is 12.1. The summed E-state index contributed by atoms with van der Waals surface area (Å²) in [6, 6.07) is 9.41. The molecule has 3 rings (SSSR count). The van der Waals surface area contributed by atoms with E-state index in [-0.39, 0.29) is 12.0 Å². The summed E-state index contributed by atoms with van der Waals surface area (Å²) in [5, 5.41) is 16.4. The summed E-state index contributed by atoms with van der Waals surface area (Å²) >= 11 is 0. The van der Waals surface area contributed by atoms with Gasteiger partial charge in [-0.3, -0.25) is 4.90 Å². The molecule has 6 heteroatoms. The van der Waals surface area contributed by atoms with E-state index in [0.717, 1.165) is 45.0 Å². The van der Waals surface area contributed by atoms with Gasteiger partial charge in [-0.2, -0.15) is 0 Å². The van der Waals surface area contributed by atoms with Gasteiger partial charge in [-0.15, -0.1) is 0 Å². The van der Waals surface area contributed by atoms with Gasteiger partial charge in [0.2, 0.25) is 0 Å². The van der Waals surface area contributed by atoms with Gasteiger partial charge < -0.3 is 20.5 Å². The number of aliphatic hydroxyl groups is 1. The average Bonchev–Trinajstić information content (AvgIpc) is 3.26. The first kappa shape index (κ1) is 24.0. The van der Waals surface area contributed by atoms with Gasteiger partial charge in [0.05, 0.1) is 13.2 Å². The fraction of sp³-hybridized carbons (Fsp3) is 0.720. The number of rotatable bonds is 10. The molecule has 1 heterocycles. The highest BCUT2D eigenvalue weighted by atomic mass is 16.5. The van der Waals surface area contributed by atoms with E-state index in [1.165, 1.54) is 43.2 Å². The van der Waals surface area contributed by atoms with Crippen molar-refractivity contribution in [3.8, 4) is 0 Å². The van der Waals surface area contributed by atoms with E-state index in [0.29, 0.717) is 19.2 Å². The Labute approximate surface area is 188 Å². The lowest BCUT2D eigenvalue weighted by Crippen LogP contribution is -2.44. The Bertz CT molecular complexity index is 682. The third-order valence-corrected chi connectivity index (χ3v) is 6.95. The summed E-state index contributed by atoms with van der Waals surface area (Å²) in [5.74, 6) is 0.835. The standard InChI is InChI=1S/C25H42N4O2/c1-3-26-24(28-19-25(13-15-30)14-16-31-20-25)27-17-21-9-7-8-10-22(21)18-29(2)23-11-5-4-6-12-23/h7-10,23,30H,3-6,11-20H2,1-2H3,(H2,26,27,28). The highest BCUT2D eigenvalue weighted by molar-refractivity contribution is 5.79. The van der Waals surface area contributed by atoms with Crippen LogP contribution < -0.4 is 10.6 Å². The number of benzene rings is 1. The molecule has 6 nitrogen and oxygen atoms in total. The SMILES string of the molecule is CCNC(=NCc1ccccc1CN(C)C1CCCCC1)NCC1(CCO)CCOC1. The van der Waals surface area contributed by atoms with Crippen molar-refractivity contribution >= 4 is 5.96 Å². The van der Waals surface area contributed by atoms with Gasteiger partial charge in [-0.1, -0.05) is 43.5 Å². The highest BCUT2D eigenvalue weighted by Crippen LogP contribution is 2.31. The van der Waals surface area contributed by atoms with Crippen LogP contribution >= 0.6 is 0 Å². The van der Waals surface area contributed by atoms with Crippen molar-refractivity contribution in [2.45, 2.75) is 71.0 Å². The average molecular weight is 431 g/mol. The maximum atomic E-state index is 9.48. The molecule has 1 aromatic carbocycles. The number of nitrogens with zero attached hydrogens (tertiary/aromatic N) is 2. The van der Waals surface area contributed by atoms with Gasteiger partial charge in [0.25, 0.3) is 0 Å². The van der Waals surface area contributed by atoms with E-state index < -0.39 is 0 Å². The van der Waals surface area contributed by atoms with Crippen LogP contribution in [0.25, 0.3) is 0 Å². The van der Waals surface area contributed by atoms with Crippen LogP contribution in [0.2, 0.25) is 0 Å². The second-order valence-corrected chi connectivity index (χ2v) is 9.30. The molecule has 0 amide bonds. The van der Waals surface area contributed by atoms with Crippen LogP contribution in [-0.4, -0.2) is 62.0 Å². The van der Waals surface area contributed by atoms with Gasteiger partial charge >= 0.3 is 0 Å². The molecule has 0 radical (unpaired) electrons. The zero-order valence-corrected chi connectivity index (χ0v) is 19.5. The summed E-state index contributed by atoms with van der Waals surface area (Å²) in [4.78, 5) is 7.42. The van der Waals surface area contributed by atoms with Crippen molar-refractivity contribution < 1.29 is 9.84 Å². The summed E-state index contributed by atoms with van der Waals surface area (Å²) in [6.07, 6.45) is 8.51. The minimum absolute atomic E-state index is 0.00551.